The third kappa shape index (κ3) is 15.3. The van der Waals surface area contributed by atoms with Crippen LogP contribution in [0.3, 0.4) is 0 Å². The highest BCUT2D eigenvalue weighted by Crippen LogP contribution is 2.48. The molecule has 2 saturated carbocycles. The van der Waals surface area contributed by atoms with E-state index in [0.29, 0.717) is 37.2 Å². The lowest BCUT2D eigenvalue weighted by Crippen LogP contribution is -2.40. The lowest BCUT2D eigenvalue weighted by Gasteiger charge is -2.45. The summed E-state index contributed by atoms with van der Waals surface area (Å²) in [6, 6.07) is 7.10. The number of aliphatic hydroxyl groups is 2. The molecule has 0 saturated heterocycles. The van der Waals surface area contributed by atoms with Crippen LogP contribution in [0.25, 0.3) is 0 Å². The normalized spacial score (nSPS) is 21.9. The fourth-order valence-corrected chi connectivity index (χ4v) is 7.99. The van der Waals surface area contributed by atoms with Gasteiger partial charge in [-0.1, -0.05) is 114 Å². The summed E-state index contributed by atoms with van der Waals surface area (Å²) >= 11 is 6.62. The molecule has 51 heavy (non-hydrogen) atoms. The molecule has 0 aliphatic heterocycles. The third-order valence-electron chi connectivity index (χ3n) is 11.1. The number of para-hydroxylation sites is 1. The molecule has 288 valence electrons. The van der Waals surface area contributed by atoms with Crippen LogP contribution in [0, 0.1) is 17.3 Å². The Kier molecular flexibility index (Phi) is 20.9. The van der Waals surface area contributed by atoms with E-state index in [-0.39, 0.29) is 54.3 Å². The lowest BCUT2D eigenvalue weighted by atomic mass is 9.63. The first kappa shape index (κ1) is 43.1. The van der Waals surface area contributed by atoms with Crippen molar-refractivity contribution < 1.29 is 34.0 Å². The number of ether oxygens (including phenoxy) is 3. The summed E-state index contributed by atoms with van der Waals surface area (Å²) in [7, 11) is 0. The van der Waals surface area contributed by atoms with Crippen molar-refractivity contribution in [1.82, 2.24) is 0 Å². The minimum absolute atomic E-state index is 0.00845. The maximum Gasteiger partial charge on any atom is 0.342 e. The summed E-state index contributed by atoms with van der Waals surface area (Å²) in [6.07, 6.45) is 28.0. The van der Waals surface area contributed by atoms with E-state index in [1.807, 2.05) is 12.1 Å². The van der Waals surface area contributed by atoms with E-state index in [2.05, 4.69) is 32.1 Å². The van der Waals surface area contributed by atoms with Crippen LogP contribution in [0.15, 0.2) is 48.6 Å². The molecule has 0 amide bonds. The second-order valence-corrected chi connectivity index (χ2v) is 15.4. The molecule has 2 N–H and O–H groups in total. The number of alkyl halides is 1. The fraction of sp³-hybridized carbons (Fsp3) is 0.721. The molecular weight excluding hydrogens is 664 g/mol. The number of unbranched alkanes of at least 4 members (excludes halogenated alkanes) is 10. The van der Waals surface area contributed by atoms with Gasteiger partial charge in [-0.2, -0.15) is 0 Å². The summed E-state index contributed by atoms with van der Waals surface area (Å²) < 4.78 is 16.6. The summed E-state index contributed by atoms with van der Waals surface area (Å²) in [6.45, 7) is 4.96. The number of halogens is 1. The largest absolute Gasteiger partial charge is 0.493 e. The van der Waals surface area contributed by atoms with Gasteiger partial charge in [0.2, 0.25) is 0 Å². The average Bonchev–Trinajstić information content (AvgIpc) is 3.37. The molecule has 2 fully saturated rings. The molecule has 1 aromatic carbocycles. The van der Waals surface area contributed by atoms with E-state index in [1.165, 1.54) is 57.8 Å². The molecule has 0 spiro atoms. The van der Waals surface area contributed by atoms with Crippen molar-refractivity contribution in [2.24, 2.45) is 17.3 Å². The topological polar surface area (TPSA) is 102 Å². The van der Waals surface area contributed by atoms with E-state index < -0.39 is 12.1 Å². The maximum atomic E-state index is 12.7. The van der Waals surface area contributed by atoms with Crippen LogP contribution in [0.2, 0.25) is 0 Å². The molecule has 0 radical (unpaired) electrons. The first-order valence-corrected chi connectivity index (χ1v) is 20.6. The zero-order chi connectivity index (χ0) is 36.7. The SMILES string of the molecule is CCCCCCCCCCCCOc1ccccc1C(=O)OCCOC(=O)CCC/C=C\C[C@@H]1[C@@H](/C=C/C[C@H](O)C2(CC)CCC2)[C@H](O)C[C@H]1Cl. The Morgan fingerprint density at radius 1 is 0.902 bits per heavy atom. The Bertz CT molecular complexity index is 1170. The van der Waals surface area contributed by atoms with E-state index in [0.717, 1.165) is 44.9 Å². The van der Waals surface area contributed by atoms with Crippen molar-refractivity contribution in [1.29, 1.82) is 0 Å². The minimum Gasteiger partial charge on any atom is -0.493 e. The first-order valence-electron chi connectivity index (χ1n) is 20.2. The van der Waals surface area contributed by atoms with Crippen molar-refractivity contribution in [3.8, 4) is 5.75 Å². The second-order valence-electron chi connectivity index (χ2n) is 14.8. The molecule has 5 atom stereocenters. The second kappa shape index (κ2) is 24.8. The monoisotopic (exact) mass is 730 g/mol. The van der Waals surface area contributed by atoms with Crippen LogP contribution in [-0.4, -0.2) is 59.6 Å². The van der Waals surface area contributed by atoms with E-state index in [1.54, 1.807) is 18.2 Å². The van der Waals surface area contributed by atoms with Crippen LogP contribution < -0.4 is 4.74 Å². The highest BCUT2D eigenvalue weighted by atomic mass is 35.5. The van der Waals surface area contributed by atoms with Gasteiger partial charge in [0, 0.05) is 17.7 Å². The van der Waals surface area contributed by atoms with E-state index in [4.69, 9.17) is 25.8 Å². The molecule has 8 heteroatoms. The number of hydrogen-bond donors (Lipinski definition) is 2. The smallest absolute Gasteiger partial charge is 0.342 e. The van der Waals surface area contributed by atoms with E-state index >= 15 is 0 Å². The Morgan fingerprint density at radius 2 is 1.59 bits per heavy atom. The molecule has 0 unspecified atom stereocenters. The number of aliphatic hydroxyl groups excluding tert-OH is 2. The third-order valence-corrected chi connectivity index (χ3v) is 11.6. The lowest BCUT2D eigenvalue weighted by molar-refractivity contribution is -0.144. The van der Waals surface area contributed by atoms with Gasteiger partial charge in [-0.05, 0) is 81.3 Å². The molecule has 0 bridgehead atoms. The van der Waals surface area contributed by atoms with E-state index in [9.17, 15) is 19.8 Å². The average molecular weight is 731 g/mol. The number of benzene rings is 1. The van der Waals surface area contributed by atoms with Gasteiger partial charge in [-0.3, -0.25) is 4.79 Å². The van der Waals surface area contributed by atoms with Gasteiger partial charge in [-0.25, -0.2) is 4.79 Å². The van der Waals surface area contributed by atoms with Crippen molar-refractivity contribution in [2.75, 3.05) is 19.8 Å². The van der Waals surface area contributed by atoms with Crippen molar-refractivity contribution >= 4 is 23.5 Å². The molecule has 3 rings (SSSR count). The highest BCUT2D eigenvalue weighted by molar-refractivity contribution is 6.21. The van der Waals surface area contributed by atoms with Gasteiger partial charge in [0.1, 0.15) is 24.5 Å². The summed E-state index contributed by atoms with van der Waals surface area (Å²) in [5.41, 5.74) is 0.452. The first-order chi connectivity index (χ1) is 24.8. The van der Waals surface area contributed by atoms with Gasteiger partial charge < -0.3 is 24.4 Å². The van der Waals surface area contributed by atoms with Crippen LogP contribution >= 0.6 is 11.6 Å². The summed E-state index contributed by atoms with van der Waals surface area (Å²) in [5, 5.41) is 21.3. The van der Waals surface area contributed by atoms with Gasteiger partial charge in [0.05, 0.1) is 18.8 Å². The number of carbonyl (C=O) groups excluding carboxylic acids is 2. The number of rotatable bonds is 27. The van der Waals surface area contributed by atoms with Gasteiger partial charge in [0.25, 0.3) is 0 Å². The predicted molar refractivity (Wildman–Crippen MR) is 206 cm³/mol. The zero-order valence-corrected chi connectivity index (χ0v) is 32.3. The Balaban J connectivity index is 1.24. The Hall–Kier alpha value is -2.35. The summed E-state index contributed by atoms with van der Waals surface area (Å²) in [4.78, 5) is 24.9. The molecular formula is C43H67ClO7. The van der Waals surface area contributed by atoms with Crippen molar-refractivity contribution in [3.63, 3.8) is 0 Å². The fourth-order valence-electron chi connectivity index (χ4n) is 7.54. The van der Waals surface area contributed by atoms with Crippen molar-refractivity contribution in [3.05, 3.63) is 54.1 Å². The minimum atomic E-state index is -0.488. The standard InChI is InChI=1S/C43H67ClO7/c1-3-5-6-7-8-9-10-11-14-19-30-49-39-25-18-17-23-36(39)42(48)51-32-31-50-41(47)27-16-13-12-15-22-34-35(38(45)33-37(34)44)24-20-26-40(46)43(4-2)28-21-29-43/h12,15,17-18,20,23-25,34-35,37-38,40,45-46H,3-11,13-14,16,19,21-22,26-33H2,1-2H3/b15-12-,24-20+/t34-,35-,37-,38-,40+/m1/s1. The maximum absolute atomic E-state index is 12.7. The summed E-state index contributed by atoms with van der Waals surface area (Å²) in [5.74, 6) is -0.185. The van der Waals surface area contributed by atoms with Crippen LogP contribution in [-0.2, 0) is 14.3 Å². The van der Waals surface area contributed by atoms with Gasteiger partial charge in [-0.15, -0.1) is 11.6 Å². The highest BCUT2D eigenvalue weighted by Gasteiger charge is 2.42. The molecule has 7 nitrogen and oxygen atoms in total. The molecule has 0 heterocycles. The Morgan fingerprint density at radius 3 is 2.27 bits per heavy atom. The number of allylic oxidation sites excluding steroid dienone is 2. The van der Waals surface area contributed by atoms with Crippen LogP contribution in [0.1, 0.15) is 153 Å². The van der Waals surface area contributed by atoms with Gasteiger partial charge >= 0.3 is 11.9 Å². The number of hydrogen-bond acceptors (Lipinski definition) is 7. The van der Waals surface area contributed by atoms with Crippen molar-refractivity contribution in [2.45, 2.75) is 160 Å². The molecule has 2 aliphatic rings. The predicted octanol–water partition coefficient (Wildman–Crippen LogP) is 10.3. The van der Waals surface area contributed by atoms with Gasteiger partial charge in [0.15, 0.2) is 0 Å². The van der Waals surface area contributed by atoms with Crippen LogP contribution in [0.4, 0.5) is 0 Å². The van der Waals surface area contributed by atoms with Crippen LogP contribution in [0.5, 0.6) is 5.75 Å². The zero-order valence-electron chi connectivity index (χ0n) is 31.6. The number of esters is 2. The quantitative estimate of drug-likeness (QED) is 0.0402. The molecule has 2 aliphatic carbocycles. The molecule has 1 aromatic rings. The molecule has 0 aromatic heterocycles. The Labute approximate surface area is 313 Å². The number of carbonyl (C=O) groups is 2.